The molecule has 0 aromatic heterocycles. The molecule has 0 atom stereocenters. The second kappa shape index (κ2) is 6.60. The topological polar surface area (TPSA) is 58.2 Å². The van der Waals surface area contributed by atoms with Crippen LogP contribution in [0.2, 0.25) is 5.02 Å². The van der Waals surface area contributed by atoms with Crippen LogP contribution in [0.5, 0.6) is 0 Å². The molecule has 0 radical (unpaired) electrons. The first-order valence-corrected chi connectivity index (χ1v) is 7.35. The van der Waals surface area contributed by atoms with E-state index >= 15 is 0 Å². The maximum Gasteiger partial charge on any atom is 0.251 e. The quantitative estimate of drug-likeness (QED) is 0.843. The molecule has 0 aliphatic carbocycles. The highest BCUT2D eigenvalue weighted by molar-refractivity contribution is 7.89. The van der Waals surface area contributed by atoms with Crippen LogP contribution in [0.1, 0.15) is 11.1 Å². The van der Waals surface area contributed by atoms with Crippen molar-refractivity contribution in [3.05, 3.63) is 28.3 Å². The summed E-state index contributed by atoms with van der Waals surface area (Å²) in [5, 5.41) is 3.13. The van der Waals surface area contributed by atoms with Crippen molar-refractivity contribution in [3.63, 3.8) is 0 Å². The van der Waals surface area contributed by atoms with Crippen LogP contribution in [-0.4, -0.2) is 28.4 Å². The fraction of sp³-hybridized carbons (Fsp3) is 0.455. The van der Waals surface area contributed by atoms with Gasteiger partial charge >= 0.3 is 0 Å². The molecule has 1 aromatic carbocycles. The number of alkyl halides is 2. The molecule has 8 heteroatoms. The van der Waals surface area contributed by atoms with E-state index in [-0.39, 0.29) is 9.92 Å². The SMILES string of the molecule is CNCc1cc(Cl)cc(S(=O)(=O)NCC(F)F)c1C. The summed E-state index contributed by atoms with van der Waals surface area (Å²) in [6.45, 7) is 1.12. The molecule has 1 rings (SSSR count). The van der Waals surface area contributed by atoms with E-state index in [4.69, 9.17) is 11.6 Å². The van der Waals surface area contributed by atoms with E-state index in [2.05, 4.69) is 5.32 Å². The average Bonchev–Trinajstić information content (AvgIpc) is 2.31. The Morgan fingerprint density at radius 3 is 2.53 bits per heavy atom. The number of nitrogens with one attached hydrogen (secondary N) is 2. The summed E-state index contributed by atoms with van der Waals surface area (Å²) in [6, 6.07) is 2.89. The van der Waals surface area contributed by atoms with Crippen molar-refractivity contribution >= 4 is 21.6 Å². The monoisotopic (exact) mass is 312 g/mol. The third-order valence-electron chi connectivity index (χ3n) is 2.52. The predicted molar refractivity (Wildman–Crippen MR) is 70.1 cm³/mol. The summed E-state index contributed by atoms with van der Waals surface area (Å²) >= 11 is 5.86. The van der Waals surface area contributed by atoms with Crippen LogP contribution in [0.25, 0.3) is 0 Å². The van der Waals surface area contributed by atoms with Gasteiger partial charge in [0.05, 0.1) is 11.4 Å². The maximum absolute atomic E-state index is 12.1. The molecule has 0 saturated heterocycles. The summed E-state index contributed by atoms with van der Waals surface area (Å²) in [6.07, 6.45) is -2.74. The summed E-state index contributed by atoms with van der Waals surface area (Å²) in [5.41, 5.74) is 1.19. The molecule has 0 aliphatic heterocycles. The van der Waals surface area contributed by atoms with Gasteiger partial charge in [-0.3, -0.25) is 0 Å². The molecule has 4 nitrogen and oxygen atoms in total. The molecule has 0 bridgehead atoms. The Labute approximate surface area is 116 Å². The Balaban J connectivity index is 3.18. The lowest BCUT2D eigenvalue weighted by atomic mass is 10.1. The largest absolute Gasteiger partial charge is 0.316 e. The summed E-state index contributed by atoms with van der Waals surface area (Å²) in [4.78, 5) is -0.0779. The lowest BCUT2D eigenvalue weighted by molar-refractivity contribution is 0.153. The molecule has 0 fully saturated rings. The van der Waals surface area contributed by atoms with Gasteiger partial charge in [0, 0.05) is 11.6 Å². The van der Waals surface area contributed by atoms with Crippen molar-refractivity contribution in [1.29, 1.82) is 0 Å². The summed E-state index contributed by atoms with van der Waals surface area (Å²) in [5.74, 6) is 0. The highest BCUT2D eigenvalue weighted by Gasteiger charge is 2.20. The first kappa shape index (κ1) is 16.3. The van der Waals surface area contributed by atoms with Gasteiger partial charge < -0.3 is 5.32 Å². The van der Waals surface area contributed by atoms with Gasteiger partial charge in [0.1, 0.15) is 0 Å². The fourth-order valence-electron chi connectivity index (χ4n) is 1.61. The minimum absolute atomic E-state index is 0.0779. The lowest BCUT2D eigenvalue weighted by Crippen LogP contribution is -2.29. The van der Waals surface area contributed by atoms with Crippen molar-refractivity contribution in [2.45, 2.75) is 24.8 Å². The van der Waals surface area contributed by atoms with Crippen LogP contribution >= 0.6 is 11.6 Å². The average molecular weight is 313 g/mol. The Kier molecular flexibility index (Phi) is 5.66. The van der Waals surface area contributed by atoms with Gasteiger partial charge in [-0.2, -0.15) is 0 Å². The lowest BCUT2D eigenvalue weighted by Gasteiger charge is -2.13. The van der Waals surface area contributed by atoms with Gasteiger partial charge in [0.25, 0.3) is 6.43 Å². The standard InChI is InChI=1S/C11H15ClF2N2O2S/c1-7-8(5-15-2)3-9(12)4-10(7)19(17,18)16-6-11(13)14/h3-4,11,15-16H,5-6H2,1-2H3. The first-order valence-electron chi connectivity index (χ1n) is 5.49. The Bertz CT molecular complexity index is 550. The molecule has 0 heterocycles. The van der Waals surface area contributed by atoms with E-state index in [1.165, 1.54) is 6.07 Å². The van der Waals surface area contributed by atoms with Crippen molar-refractivity contribution in [2.24, 2.45) is 0 Å². The molecule has 0 unspecified atom stereocenters. The van der Waals surface area contributed by atoms with Gasteiger partial charge in [-0.05, 0) is 37.2 Å². The number of rotatable bonds is 6. The van der Waals surface area contributed by atoms with Crippen LogP contribution in [0, 0.1) is 6.92 Å². The molecule has 0 spiro atoms. The third kappa shape index (κ3) is 4.38. The highest BCUT2D eigenvalue weighted by Crippen LogP contribution is 2.24. The second-order valence-corrected chi connectivity index (χ2v) is 6.13. The van der Waals surface area contributed by atoms with E-state index in [0.29, 0.717) is 17.7 Å². The molecule has 19 heavy (non-hydrogen) atoms. The zero-order chi connectivity index (χ0) is 14.6. The number of benzene rings is 1. The van der Waals surface area contributed by atoms with Crippen LogP contribution in [-0.2, 0) is 16.6 Å². The Hall–Kier alpha value is -0.760. The highest BCUT2D eigenvalue weighted by atomic mass is 35.5. The van der Waals surface area contributed by atoms with Gasteiger partial charge in [-0.15, -0.1) is 0 Å². The van der Waals surface area contributed by atoms with Crippen molar-refractivity contribution in [1.82, 2.24) is 10.0 Å². The molecule has 1 aromatic rings. The number of hydrogen-bond acceptors (Lipinski definition) is 3. The minimum Gasteiger partial charge on any atom is -0.316 e. The maximum atomic E-state index is 12.1. The molecule has 108 valence electrons. The molecule has 0 saturated carbocycles. The molecule has 0 aliphatic rings. The van der Waals surface area contributed by atoms with Crippen molar-refractivity contribution in [2.75, 3.05) is 13.6 Å². The summed E-state index contributed by atoms with van der Waals surface area (Å²) < 4.78 is 49.9. The van der Waals surface area contributed by atoms with Crippen LogP contribution in [0.15, 0.2) is 17.0 Å². The van der Waals surface area contributed by atoms with Crippen LogP contribution < -0.4 is 10.0 Å². The van der Waals surface area contributed by atoms with E-state index in [1.807, 2.05) is 4.72 Å². The van der Waals surface area contributed by atoms with Gasteiger partial charge in [-0.1, -0.05) is 11.6 Å². The number of sulfonamides is 1. The molecule has 2 N–H and O–H groups in total. The molecular weight excluding hydrogens is 298 g/mol. The van der Waals surface area contributed by atoms with Crippen LogP contribution in [0.3, 0.4) is 0 Å². The Morgan fingerprint density at radius 2 is 2.00 bits per heavy atom. The van der Waals surface area contributed by atoms with Crippen molar-refractivity contribution in [3.8, 4) is 0 Å². The van der Waals surface area contributed by atoms with Crippen molar-refractivity contribution < 1.29 is 17.2 Å². The van der Waals surface area contributed by atoms with Gasteiger partial charge in [0.15, 0.2) is 0 Å². The van der Waals surface area contributed by atoms with Gasteiger partial charge in [-0.25, -0.2) is 21.9 Å². The van der Waals surface area contributed by atoms with Gasteiger partial charge in [0.2, 0.25) is 10.0 Å². The first-order chi connectivity index (χ1) is 8.77. The zero-order valence-corrected chi connectivity index (χ0v) is 12.1. The third-order valence-corrected chi connectivity index (χ3v) is 4.28. The zero-order valence-electron chi connectivity index (χ0n) is 10.5. The smallest absolute Gasteiger partial charge is 0.251 e. The number of hydrogen-bond donors (Lipinski definition) is 2. The molecular formula is C11H15ClF2N2O2S. The minimum atomic E-state index is -3.99. The second-order valence-electron chi connectivity index (χ2n) is 3.96. The van der Waals surface area contributed by atoms with Crippen LogP contribution in [0.4, 0.5) is 8.78 Å². The Morgan fingerprint density at radius 1 is 1.37 bits per heavy atom. The normalized spacial score (nSPS) is 12.1. The summed E-state index contributed by atoms with van der Waals surface area (Å²) in [7, 11) is -2.28. The van der Waals surface area contributed by atoms with E-state index in [0.717, 1.165) is 0 Å². The van der Waals surface area contributed by atoms with E-state index in [9.17, 15) is 17.2 Å². The predicted octanol–water partition coefficient (Wildman–Crippen LogP) is 1.91. The van der Waals surface area contributed by atoms with E-state index < -0.39 is 23.0 Å². The fourth-order valence-corrected chi connectivity index (χ4v) is 3.23. The van der Waals surface area contributed by atoms with E-state index in [1.54, 1.807) is 20.0 Å². The number of halogens is 3. The molecule has 0 amide bonds.